The normalized spacial score (nSPS) is 19.0. The molecule has 3 N–H and O–H groups in total. The van der Waals surface area contributed by atoms with E-state index in [1.54, 1.807) is 6.92 Å². The first-order valence-corrected chi connectivity index (χ1v) is 7.23. The minimum absolute atomic E-state index is 0.288. The van der Waals surface area contributed by atoms with Crippen LogP contribution in [0.15, 0.2) is 24.3 Å². The van der Waals surface area contributed by atoms with Crippen molar-refractivity contribution in [2.24, 2.45) is 5.73 Å². The number of carbonyl (C=O) groups excluding carboxylic acids is 1. The standard InChI is InChI=1S/C15H19F3N2O3/c1-10(20-13(21)14(19)6-8-22-9-7-14)11-2-4-12(5-3-11)23-15(16,17)18/h2-5,10H,6-9,19H2,1H3,(H,20,21). The summed E-state index contributed by atoms with van der Waals surface area (Å²) in [6, 6.07) is 4.97. The molecule has 0 aromatic heterocycles. The highest BCUT2D eigenvalue weighted by molar-refractivity contribution is 5.86. The number of carbonyl (C=O) groups is 1. The first-order chi connectivity index (χ1) is 10.7. The molecule has 1 atom stereocenters. The van der Waals surface area contributed by atoms with Gasteiger partial charge < -0.3 is 20.5 Å². The maximum Gasteiger partial charge on any atom is 0.573 e. The third-order valence-corrected chi connectivity index (χ3v) is 3.80. The summed E-state index contributed by atoms with van der Waals surface area (Å²) in [6.45, 7) is 2.60. The molecular formula is C15H19F3N2O3. The molecule has 0 aliphatic carbocycles. The van der Waals surface area contributed by atoms with Crippen LogP contribution in [0.1, 0.15) is 31.4 Å². The highest BCUT2D eigenvalue weighted by Gasteiger charge is 2.36. The second-order valence-electron chi connectivity index (χ2n) is 5.58. The van der Waals surface area contributed by atoms with Crippen LogP contribution < -0.4 is 15.8 Å². The van der Waals surface area contributed by atoms with Crippen LogP contribution in [0.25, 0.3) is 0 Å². The molecule has 2 rings (SSSR count). The van der Waals surface area contributed by atoms with Crippen LogP contribution in [-0.2, 0) is 9.53 Å². The summed E-state index contributed by atoms with van der Waals surface area (Å²) < 4.78 is 45.4. The van der Waals surface area contributed by atoms with E-state index < -0.39 is 11.9 Å². The van der Waals surface area contributed by atoms with Crippen molar-refractivity contribution >= 4 is 5.91 Å². The molecule has 1 unspecified atom stereocenters. The van der Waals surface area contributed by atoms with Crippen LogP contribution in [0, 0.1) is 0 Å². The fraction of sp³-hybridized carbons (Fsp3) is 0.533. The number of nitrogens with two attached hydrogens (primary N) is 1. The van der Waals surface area contributed by atoms with Gasteiger partial charge in [-0.05, 0) is 37.5 Å². The Morgan fingerprint density at radius 3 is 2.39 bits per heavy atom. The maximum absolute atomic E-state index is 12.3. The molecule has 1 aliphatic rings. The molecule has 5 nitrogen and oxygen atoms in total. The van der Waals surface area contributed by atoms with Gasteiger partial charge in [-0.3, -0.25) is 4.79 Å². The van der Waals surface area contributed by atoms with E-state index in [0.29, 0.717) is 31.6 Å². The van der Waals surface area contributed by atoms with Crippen molar-refractivity contribution in [2.45, 2.75) is 37.7 Å². The van der Waals surface area contributed by atoms with Crippen LogP contribution in [0.2, 0.25) is 0 Å². The topological polar surface area (TPSA) is 73.6 Å². The van der Waals surface area contributed by atoms with Gasteiger partial charge in [0.25, 0.3) is 0 Å². The molecule has 0 saturated carbocycles. The van der Waals surface area contributed by atoms with Gasteiger partial charge in [-0.2, -0.15) is 0 Å². The van der Waals surface area contributed by atoms with Crippen molar-refractivity contribution in [3.05, 3.63) is 29.8 Å². The van der Waals surface area contributed by atoms with Crippen LogP contribution >= 0.6 is 0 Å². The Morgan fingerprint density at radius 2 is 1.87 bits per heavy atom. The fourth-order valence-electron chi connectivity index (χ4n) is 2.34. The Kier molecular flexibility index (Phi) is 5.16. The Bertz CT molecular complexity index is 540. The number of ether oxygens (including phenoxy) is 2. The molecule has 1 heterocycles. The van der Waals surface area contributed by atoms with Crippen molar-refractivity contribution in [1.29, 1.82) is 0 Å². The summed E-state index contributed by atoms with van der Waals surface area (Å²) in [5.74, 6) is -0.594. The summed E-state index contributed by atoms with van der Waals surface area (Å²) in [5.41, 5.74) is 5.78. The largest absolute Gasteiger partial charge is 0.573 e. The molecule has 1 aromatic rings. The lowest BCUT2D eigenvalue weighted by Crippen LogP contribution is -2.57. The summed E-state index contributed by atoms with van der Waals surface area (Å²) in [6.07, 6.45) is -3.86. The molecule has 0 bridgehead atoms. The predicted octanol–water partition coefficient (Wildman–Crippen LogP) is 2.27. The SMILES string of the molecule is CC(NC(=O)C1(N)CCOCC1)c1ccc(OC(F)(F)F)cc1. The minimum Gasteiger partial charge on any atom is -0.406 e. The summed E-state index contributed by atoms with van der Waals surface area (Å²) in [7, 11) is 0. The molecule has 1 aliphatic heterocycles. The smallest absolute Gasteiger partial charge is 0.406 e. The average Bonchev–Trinajstić information content (AvgIpc) is 2.47. The number of benzene rings is 1. The first-order valence-electron chi connectivity index (χ1n) is 7.23. The van der Waals surface area contributed by atoms with E-state index in [1.807, 2.05) is 0 Å². The molecule has 128 valence electrons. The van der Waals surface area contributed by atoms with Crippen LogP contribution in [0.3, 0.4) is 0 Å². The number of hydrogen-bond donors (Lipinski definition) is 2. The van der Waals surface area contributed by atoms with E-state index in [-0.39, 0.29) is 17.7 Å². The molecule has 23 heavy (non-hydrogen) atoms. The summed E-state index contributed by atoms with van der Waals surface area (Å²) >= 11 is 0. The van der Waals surface area contributed by atoms with Gasteiger partial charge in [0.2, 0.25) is 5.91 Å². The molecule has 0 radical (unpaired) electrons. The van der Waals surface area contributed by atoms with Gasteiger partial charge in [0.1, 0.15) is 5.75 Å². The zero-order valence-corrected chi connectivity index (χ0v) is 12.7. The van der Waals surface area contributed by atoms with E-state index in [9.17, 15) is 18.0 Å². The lowest BCUT2D eigenvalue weighted by atomic mass is 9.90. The van der Waals surface area contributed by atoms with Gasteiger partial charge >= 0.3 is 6.36 Å². The van der Waals surface area contributed by atoms with Gasteiger partial charge in [-0.25, -0.2) is 0 Å². The van der Waals surface area contributed by atoms with Gasteiger partial charge in [0.15, 0.2) is 0 Å². The highest BCUT2D eigenvalue weighted by atomic mass is 19.4. The lowest BCUT2D eigenvalue weighted by molar-refractivity contribution is -0.274. The Hall–Kier alpha value is -1.80. The number of amides is 1. The zero-order chi connectivity index (χ0) is 17.1. The van der Waals surface area contributed by atoms with Crippen molar-refractivity contribution in [2.75, 3.05) is 13.2 Å². The zero-order valence-electron chi connectivity index (χ0n) is 12.7. The monoisotopic (exact) mass is 332 g/mol. The molecule has 1 aromatic carbocycles. The minimum atomic E-state index is -4.73. The molecule has 1 fully saturated rings. The molecule has 0 spiro atoms. The summed E-state index contributed by atoms with van der Waals surface area (Å²) in [4.78, 5) is 12.3. The molecule has 8 heteroatoms. The number of rotatable bonds is 4. The van der Waals surface area contributed by atoms with Gasteiger partial charge in [0, 0.05) is 13.2 Å². The van der Waals surface area contributed by atoms with Crippen molar-refractivity contribution in [3.63, 3.8) is 0 Å². The maximum atomic E-state index is 12.3. The highest BCUT2D eigenvalue weighted by Crippen LogP contribution is 2.25. The van der Waals surface area contributed by atoms with E-state index in [1.165, 1.54) is 24.3 Å². The van der Waals surface area contributed by atoms with Gasteiger partial charge in [-0.1, -0.05) is 12.1 Å². The first kappa shape index (κ1) is 17.6. The van der Waals surface area contributed by atoms with Crippen molar-refractivity contribution in [1.82, 2.24) is 5.32 Å². The Morgan fingerprint density at radius 1 is 1.30 bits per heavy atom. The number of nitrogens with one attached hydrogen (secondary N) is 1. The van der Waals surface area contributed by atoms with Crippen LogP contribution in [0.5, 0.6) is 5.75 Å². The fourth-order valence-corrected chi connectivity index (χ4v) is 2.34. The average molecular weight is 332 g/mol. The van der Waals surface area contributed by atoms with Crippen molar-refractivity contribution in [3.8, 4) is 5.75 Å². The van der Waals surface area contributed by atoms with Gasteiger partial charge in [0.05, 0.1) is 11.6 Å². The predicted molar refractivity (Wildman–Crippen MR) is 76.7 cm³/mol. The number of alkyl halides is 3. The van der Waals surface area contributed by atoms with E-state index in [2.05, 4.69) is 10.1 Å². The van der Waals surface area contributed by atoms with E-state index in [4.69, 9.17) is 10.5 Å². The van der Waals surface area contributed by atoms with Gasteiger partial charge in [-0.15, -0.1) is 13.2 Å². The molecule has 1 amide bonds. The Balaban J connectivity index is 1.97. The van der Waals surface area contributed by atoms with E-state index >= 15 is 0 Å². The third kappa shape index (κ3) is 4.84. The quantitative estimate of drug-likeness (QED) is 0.887. The van der Waals surface area contributed by atoms with Crippen LogP contribution in [0.4, 0.5) is 13.2 Å². The second kappa shape index (κ2) is 6.76. The second-order valence-corrected chi connectivity index (χ2v) is 5.58. The van der Waals surface area contributed by atoms with Crippen molar-refractivity contribution < 1.29 is 27.4 Å². The third-order valence-electron chi connectivity index (χ3n) is 3.80. The molecular weight excluding hydrogens is 313 g/mol. The number of halogens is 3. The lowest BCUT2D eigenvalue weighted by Gasteiger charge is -2.33. The number of hydrogen-bond acceptors (Lipinski definition) is 4. The molecule has 1 saturated heterocycles. The summed E-state index contributed by atoms with van der Waals surface area (Å²) in [5, 5.41) is 2.79. The van der Waals surface area contributed by atoms with Crippen LogP contribution in [-0.4, -0.2) is 31.0 Å². The Labute approximate surface area is 131 Å². The van der Waals surface area contributed by atoms with E-state index in [0.717, 1.165) is 0 Å².